The predicted octanol–water partition coefficient (Wildman–Crippen LogP) is 2.28. The van der Waals surface area contributed by atoms with Gasteiger partial charge in [-0.2, -0.15) is 0 Å². The number of rotatable bonds is 0. The summed E-state index contributed by atoms with van der Waals surface area (Å²) >= 11 is 0. The van der Waals surface area contributed by atoms with Crippen LogP contribution in [0.5, 0.6) is 0 Å². The normalized spacial score (nSPS) is 27.0. The zero-order valence-corrected chi connectivity index (χ0v) is 8.11. The number of nitrogens with one attached hydrogen (secondary N) is 1. The molecule has 3 heteroatoms. The van der Waals surface area contributed by atoms with Crippen molar-refractivity contribution in [3.05, 3.63) is 0 Å². The highest BCUT2D eigenvalue weighted by Crippen LogP contribution is 2.52. The summed E-state index contributed by atoms with van der Waals surface area (Å²) in [6.45, 7) is 7.80. The minimum atomic E-state index is -0.831. The fourth-order valence-corrected chi connectivity index (χ4v) is 2.24. The van der Waals surface area contributed by atoms with E-state index in [2.05, 4.69) is 5.32 Å². The van der Waals surface area contributed by atoms with Gasteiger partial charge in [0.1, 0.15) is 5.67 Å². The molecule has 0 aromatic carbocycles. The van der Waals surface area contributed by atoms with Crippen LogP contribution in [0.15, 0.2) is 0 Å². The molecule has 0 radical (unpaired) electrons. The first-order valence-corrected chi connectivity index (χ1v) is 4.52. The van der Waals surface area contributed by atoms with Crippen LogP contribution in [0.4, 0.5) is 9.09 Å². The van der Waals surface area contributed by atoms with Gasteiger partial charge in [-0.15, -0.1) is 0 Å². The lowest BCUT2D eigenvalue weighted by Gasteiger charge is -2.56. The molecule has 1 saturated carbocycles. The molecule has 74 valence electrons. The molecule has 2 rings (SSSR count). The zero-order valence-electron chi connectivity index (χ0n) is 8.11. The highest BCUT2D eigenvalue weighted by Gasteiger charge is 2.55. The van der Waals surface area contributed by atoms with Gasteiger partial charge < -0.3 is 5.32 Å². The Bertz CT molecular complexity index is 131. The van der Waals surface area contributed by atoms with Crippen molar-refractivity contribution >= 4 is 0 Å². The lowest BCUT2D eigenvalue weighted by molar-refractivity contribution is -0.0852. The Labute approximate surface area is 73.1 Å². The minimum Gasteiger partial charge on any atom is -0.316 e. The maximum atomic E-state index is 12.9. The molecule has 1 spiro atoms. The van der Waals surface area contributed by atoms with Crippen molar-refractivity contribution in [3.63, 3.8) is 0 Å². The number of hydrogen-bond acceptors (Lipinski definition) is 1. The zero-order chi connectivity index (χ0) is 8.54. The van der Waals surface area contributed by atoms with Crippen molar-refractivity contribution in [2.75, 3.05) is 13.1 Å². The topological polar surface area (TPSA) is 12.0 Å². The van der Waals surface area contributed by atoms with Crippen LogP contribution in [-0.4, -0.2) is 18.8 Å². The number of halogens is 2. The molecule has 1 nitrogen and oxygen atoms in total. The van der Waals surface area contributed by atoms with Crippen LogP contribution in [0.25, 0.3) is 0 Å². The summed E-state index contributed by atoms with van der Waals surface area (Å²) in [5, 5.41) is 3.18. The molecular weight excluding hydrogens is 160 g/mol. The van der Waals surface area contributed by atoms with Gasteiger partial charge in [-0.05, 0) is 19.8 Å². The van der Waals surface area contributed by atoms with E-state index in [0.717, 1.165) is 25.9 Å². The van der Waals surface area contributed by atoms with E-state index in [0.29, 0.717) is 5.41 Å². The largest absolute Gasteiger partial charge is 0.316 e. The van der Waals surface area contributed by atoms with Gasteiger partial charge in [-0.25, -0.2) is 4.39 Å². The lowest BCUT2D eigenvalue weighted by atomic mass is 9.57. The smallest absolute Gasteiger partial charge is 0.109 e. The molecule has 1 aliphatic heterocycles. The van der Waals surface area contributed by atoms with E-state index >= 15 is 0 Å². The van der Waals surface area contributed by atoms with Gasteiger partial charge in [0.2, 0.25) is 0 Å². The molecule has 1 N–H and O–H groups in total. The van der Waals surface area contributed by atoms with Crippen molar-refractivity contribution in [2.24, 2.45) is 5.41 Å². The molecule has 0 aromatic rings. The summed E-state index contributed by atoms with van der Waals surface area (Å²) in [6.07, 6.45) is 1.57. The van der Waals surface area contributed by atoms with Gasteiger partial charge in [0.05, 0.1) is 0 Å². The highest BCUT2D eigenvalue weighted by atomic mass is 19.1. The number of hydrogen-bond donors (Lipinski definition) is 1. The Morgan fingerprint density at radius 2 is 1.58 bits per heavy atom. The Morgan fingerprint density at radius 3 is 1.67 bits per heavy atom. The van der Waals surface area contributed by atoms with Crippen molar-refractivity contribution < 1.29 is 9.09 Å². The Morgan fingerprint density at radius 1 is 1.17 bits per heavy atom. The third kappa shape index (κ3) is 1.94. The van der Waals surface area contributed by atoms with E-state index in [1.165, 1.54) is 0 Å². The third-order valence-electron chi connectivity index (χ3n) is 2.49. The number of alkyl halides is 1. The van der Waals surface area contributed by atoms with Crippen LogP contribution in [0.3, 0.4) is 0 Å². The van der Waals surface area contributed by atoms with Crippen LogP contribution in [0, 0.1) is 5.41 Å². The fourth-order valence-electron chi connectivity index (χ4n) is 2.24. The van der Waals surface area contributed by atoms with E-state index in [9.17, 15) is 4.39 Å². The summed E-state index contributed by atoms with van der Waals surface area (Å²) in [4.78, 5) is 0. The molecule has 0 amide bonds. The average molecular weight is 179 g/mol. The van der Waals surface area contributed by atoms with E-state index in [1.54, 1.807) is 6.92 Å². The van der Waals surface area contributed by atoms with Gasteiger partial charge in [-0.1, -0.05) is 13.8 Å². The van der Waals surface area contributed by atoms with Crippen molar-refractivity contribution in [1.82, 2.24) is 5.32 Å². The Kier molecular flexibility index (Phi) is 3.63. The second-order valence-electron chi connectivity index (χ2n) is 3.87. The van der Waals surface area contributed by atoms with Crippen LogP contribution in [-0.2, 0) is 0 Å². The van der Waals surface area contributed by atoms with E-state index in [4.69, 9.17) is 0 Å². The van der Waals surface area contributed by atoms with Crippen molar-refractivity contribution in [3.8, 4) is 0 Å². The molecule has 1 heterocycles. The first kappa shape index (κ1) is 11.8. The highest BCUT2D eigenvalue weighted by molar-refractivity contribution is 5.08. The molecule has 12 heavy (non-hydrogen) atoms. The first-order valence-electron chi connectivity index (χ1n) is 4.52. The summed E-state index contributed by atoms with van der Waals surface area (Å²) in [5.41, 5.74) is -0.439. The predicted molar refractivity (Wildman–Crippen MR) is 47.9 cm³/mol. The van der Waals surface area contributed by atoms with Gasteiger partial charge in [0.25, 0.3) is 0 Å². The molecule has 0 bridgehead atoms. The first-order chi connectivity index (χ1) is 5.12. The maximum Gasteiger partial charge on any atom is 0.109 e. The van der Waals surface area contributed by atoms with E-state index in [-0.39, 0.29) is 4.70 Å². The second-order valence-corrected chi connectivity index (χ2v) is 3.87. The second kappa shape index (κ2) is 3.69. The van der Waals surface area contributed by atoms with E-state index < -0.39 is 5.67 Å². The van der Waals surface area contributed by atoms with Crippen molar-refractivity contribution in [2.45, 2.75) is 39.3 Å². The van der Waals surface area contributed by atoms with Crippen LogP contribution in [0.2, 0.25) is 0 Å². The van der Waals surface area contributed by atoms with Gasteiger partial charge in [0, 0.05) is 18.5 Å². The Balaban J connectivity index is 0.000000378. The van der Waals surface area contributed by atoms with E-state index in [1.807, 2.05) is 13.8 Å². The van der Waals surface area contributed by atoms with Gasteiger partial charge >= 0.3 is 0 Å². The summed E-state index contributed by atoms with van der Waals surface area (Å²) in [6, 6.07) is 0. The molecule has 0 aromatic heterocycles. The fraction of sp³-hybridized carbons (Fsp3) is 1.00. The molecule has 0 unspecified atom stereocenters. The van der Waals surface area contributed by atoms with Crippen molar-refractivity contribution in [1.29, 1.82) is 0 Å². The maximum absolute atomic E-state index is 12.9. The van der Waals surface area contributed by atoms with Crippen LogP contribution < -0.4 is 5.32 Å². The lowest BCUT2D eigenvalue weighted by Crippen LogP contribution is -2.64. The third-order valence-corrected chi connectivity index (χ3v) is 2.49. The quantitative estimate of drug-likeness (QED) is 0.601. The van der Waals surface area contributed by atoms with Crippen LogP contribution >= 0.6 is 0 Å². The van der Waals surface area contributed by atoms with Gasteiger partial charge in [0.15, 0.2) is 0 Å². The molecule has 1 saturated heterocycles. The summed E-state index contributed by atoms with van der Waals surface area (Å²) < 4.78 is 12.9. The molecular formula is C9H19F2N. The summed E-state index contributed by atoms with van der Waals surface area (Å²) in [5.74, 6) is 0. The average Bonchev–Trinajstić information content (AvgIpc) is 1.83. The summed E-state index contributed by atoms with van der Waals surface area (Å²) in [7, 11) is 0. The van der Waals surface area contributed by atoms with Crippen LogP contribution in [0.1, 0.15) is 33.6 Å². The monoisotopic (exact) mass is 179 g/mol. The SMILES string of the molecule is CC.CC1(F)CC2(CNC2)C1.F. The standard InChI is InChI=1S/C7H12FN.C2H6.FH/c1-6(8)2-7(3-6)4-9-5-7;1-2;/h9H,2-5H2,1H3;1-2H3;1H. The molecule has 1 aliphatic carbocycles. The van der Waals surface area contributed by atoms with Gasteiger partial charge in [-0.3, -0.25) is 4.70 Å². The molecule has 2 fully saturated rings. The Hall–Kier alpha value is -0.180. The molecule has 0 atom stereocenters. The minimum absolute atomic E-state index is 0. The molecule has 2 aliphatic rings.